The van der Waals surface area contributed by atoms with Gasteiger partial charge in [0.1, 0.15) is 0 Å². The van der Waals surface area contributed by atoms with Gasteiger partial charge in [-0.2, -0.15) is 0 Å². The summed E-state index contributed by atoms with van der Waals surface area (Å²) in [5.41, 5.74) is 7.41. The molecule has 20 heavy (non-hydrogen) atoms. The second-order valence-electron chi connectivity index (χ2n) is 6.35. The van der Waals surface area contributed by atoms with Crippen LogP contribution in [-0.2, 0) is 11.2 Å². The first-order valence-electron chi connectivity index (χ1n) is 7.68. The van der Waals surface area contributed by atoms with Crippen molar-refractivity contribution in [3.63, 3.8) is 0 Å². The van der Waals surface area contributed by atoms with Gasteiger partial charge in [-0.25, -0.2) is 0 Å². The van der Waals surface area contributed by atoms with E-state index in [-0.39, 0.29) is 5.91 Å². The standard InChI is InChI=1S/C17H26N2O/c1-12(2)14-4-3-5-16(11-14)19-17(20)10-13-6-8-15(18)9-7-13/h6-9,12,14,16H,3-5,10-11,18H2,1-2H3,(H,19,20). The third-order valence-electron chi connectivity index (χ3n) is 4.37. The number of nitrogens with two attached hydrogens (primary N) is 1. The molecule has 1 aromatic rings. The maximum absolute atomic E-state index is 12.1. The summed E-state index contributed by atoms with van der Waals surface area (Å²) >= 11 is 0. The van der Waals surface area contributed by atoms with Gasteiger partial charge >= 0.3 is 0 Å². The molecular formula is C17H26N2O. The van der Waals surface area contributed by atoms with Crippen LogP contribution < -0.4 is 11.1 Å². The molecule has 3 N–H and O–H groups in total. The number of anilines is 1. The summed E-state index contributed by atoms with van der Waals surface area (Å²) in [6.07, 6.45) is 5.24. The lowest BCUT2D eigenvalue weighted by Gasteiger charge is -2.32. The first-order valence-corrected chi connectivity index (χ1v) is 7.68. The summed E-state index contributed by atoms with van der Waals surface area (Å²) < 4.78 is 0. The van der Waals surface area contributed by atoms with E-state index in [1.807, 2.05) is 24.3 Å². The summed E-state index contributed by atoms with van der Waals surface area (Å²) in [6.45, 7) is 4.56. The number of nitrogen functional groups attached to an aromatic ring is 1. The summed E-state index contributed by atoms with van der Waals surface area (Å²) in [7, 11) is 0. The van der Waals surface area contributed by atoms with Crippen molar-refractivity contribution in [2.24, 2.45) is 11.8 Å². The van der Waals surface area contributed by atoms with Gasteiger partial charge in [0.05, 0.1) is 6.42 Å². The van der Waals surface area contributed by atoms with E-state index in [1.54, 1.807) is 0 Å². The molecule has 1 aromatic carbocycles. The van der Waals surface area contributed by atoms with E-state index in [4.69, 9.17) is 5.73 Å². The van der Waals surface area contributed by atoms with Crippen molar-refractivity contribution in [3.05, 3.63) is 29.8 Å². The van der Waals surface area contributed by atoms with Gasteiger partial charge in [0, 0.05) is 11.7 Å². The molecule has 2 rings (SSSR count). The molecule has 1 amide bonds. The monoisotopic (exact) mass is 274 g/mol. The highest BCUT2D eigenvalue weighted by molar-refractivity contribution is 5.79. The Morgan fingerprint density at radius 1 is 1.30 bits per heavy atom. The van der Waals surface area contributed by atoms with Gasteiger partial charge in [-0.1, -0.05) is 38.8 Å². The third kappa shape index (κ3) is 4.26. The number of hydrogen-bond acceptors (Lipinski definition) is 2. The zero-order chi connectivity index (χ0) is 14.5. The molecule has 3 heteroatoms. The third-order valence-corrected chi connectivity index (χ3v) is 4.37. The second kappa shape index (κ2) is 6.78. The smallest absolute Gasteiger partial charge is 0.224 e. The van der Waals surface area contributed by atoms with Gasteiger partial charge in [0.25, 0.3) is 0 Å². The van der Waals surface area contributed by atoms with Crippen molar-refractivity contribution in [1.29, 1.82) is 0 Å². The van der Waals surface area contributed by atoms with Crippen LogP contribution in [0.2, 0.25) is 0 Å². The number of carbonyl (C=O) groups excluding carboxylic acids is 1. The van der Waals surface area contributed by atoms with Crippen LogP contribution in [0.4, 0.5) is 5.69 Å². The number of rotatable bonds is 4. The highest BCUT2D eigenvalue weighted by Crippen LogP contribution is 2.29. The highest BCUT2D eigenvalue weighted by Gasteiger charge is 2.25. The molecule has 0 radical (unpaired) electrons. The van der Waals surface area contributed by atoms with Crippen LogP contribution in [0.15, 0.2) is 24.3 Å². The van der Waals surface area contributed by atoms with E-state index < -0.39 is 0 Å². The number of hydrogen-bond donors (Lipinski definition) is 2. The quantitative estimate of drug-likeness (QED) is 0.829. The predicted molar refractivity (Wildman–Crippen MR) is 83.3 cm³/mol. The summed E-state index contributed by atoms with van der Waals surface area (Å²) in [6, 6.07) is 7.90. The fraction of sp³-hybridized carbons (Fsp3) is 0.588. The number of amides is 1. The average molecular weight is 274 g/mol. The highest BCUT2D eigenvalue weighted by atomic mass is 16.1. The van der Waals surface area contributed by atoms with E-state index in [2.05, 4.69) is 19.2 Å². The van der Waals surface area contributed by atoms with Crippen LogP contribution in [-0.4, -0.2) is 11.9 Å². The van der Waals surface area contributed by atoms with Crippen LogP contribution in [0.3, 0.4) is 0 Å². The minimum absolute atomic E-state index is 0.129. The maximum Gasteiger partial charge on any atom is 0.224 e. The Kier molecular flexibility index (Phi) is 5.05. The van der Waals surface area contributed by atoms with E-state index >= 15 is 0 Å². The Morgan fingerprint density at radius 2 is 2.00 bits per heavy atom. The summed E-state index contributed by atoms with van der Waals surface area (Å²) in [4.78, 5) is 12.1. The van der Waals surface area contributed by atoms with E-state index in [1.165, 1.54) is 12.8 Å². The van der Waals surface area contributed by atoms with Crippen LogP contribution in [0.25, 0.3) is 0 Å². The Bertz CT molecular complexity index is 439. The Hall–Kier alpha value is -1.51. The van der Waals surface area contributed by atoms with Crippen molar-refractivity contribution < 1.29 is 4.79 Å². The topological polar surface area (TPSA) is 55.1 Å². The lowest BCUT2D eigenvalue weighted by atomic mass is 9.79. The van der Waals surface area contributed by atoms with E-state index in [0.717, 1.165) is 30.0 Å². The fourth-order valence-electron chi connectivity index (χ4n) is 3.06. The van der Waals surface area contributed by atoms with Crippen LogP contribution in [0.5, 0.6) is 0 Å². The molecule has 0 bridgehead atoms. The predicted octanol–water partition coefficient (Wildman–Crippen LogP) is 3.14. The molecule has 0 saturated heterocycles. The molecule has 110 valence electrons. The molecule has 2 unspecified atom stereocenters. The molecule has 3 nitrogen and oxygen atoms in total. The molecule has 1 saturated carbocycles. The molecule has 1 aliphatic rings. The van der Waals surface area contributed by atoms with Gasteiger partial charge in [0.2, 0.25) is 5.91 Å². The van der Waals surface area contributed by atoms with Crippen molar-refractivity contribution in [1.82, 2.24) is 5.32 Å². The van der Waals surface area contributed by atoms with Crippen LogP contribution >= 0.6 is 0 Å². The lowest BCUT2D eigenvalue weighted by Crippen LogP contribution is -2.40. The first-order chi connectivity index (χ1) is 9.54. The molecule has 0 heterocycles. The Balaban J connectivity index is 1.83. The normalized spacial score (nSPS) is 22.8. The van der Waals surface area contributed by atoms with Crippen molar-refractivity contribution in [3.8, 4) is 0 Å². The molecule has 2 atom stereocenters. The molecular weight excluding hydrogens is 248 g/mol. The largest absolute Gasteiger partial charge is 0.399 e. The average Bonchev–Trinajstić information content (AvgIpc) is 2.41. The van der Waals surface area contributed by atoms with Gasteiger partial charge in [-0.3, -0.25) is 4.79 Å². The minimum Gasteiger partial charge on any atom is -0.399 e. The minimum atomic E-state index is 0.129. The van der Waals surface area contributed by atoms with Gasteiger partial charge in [-0.15, -0.1) is 0 Å². The van der Waals surface area contributed by atoms with E-state index in [0.29, 0.717) is 18.4 Å². The summed E-state index contributed by atoms with van der Waals surface area (Å²) in [5, 5.41) is 3.20. The number of benzene rings is 1. The zero-order valence-electron chi connectivity index (χ0n) is 12.6. The Labute approximate surface area is 121 Å². The summed E-state index contributed by atoms with van der Waals surface area (Å²) in [5.74, 6) is 1.60. The van der Waals surface area contributed by atoms with Crippen molar-refractivity contribution in [2.45, 2.75) is 52.0 Å². The zero-order valence-corrected chi connectivity index (χ0v) is 12.6. The van der Waals surface area contributed by atoms with Gasteiger partial charge in [0.15, 0.2) is 0 Å². The lowest BCUT2D eigenvalue weighted by molar-refractivity contribution is -0.121. The van der Waals surface area contributed by atoms with Gasteiger partial charge < -0.3 is 11.1 Å². The fourth-order valence-corrected chi connectivity index (χ4v) is 3.06. The van der Waals surface area contributed by atoms with Crippen molar-refractivity contribution in [2.75, 3.05) is 5.73 Å². The molecule has 0 aliphatic heterocycles. The SMILES string of the molecule is CC(C)C1CCCC(NC(=O)Cc2ccc(N)cc2)C1. The van der Waals surface area contributed by atoms with Gasteiger partial charge in [-0.05, 0) is 42.4 Å². The maximum atomic E-state index is 12.1. The van der Waals surface area contributed by atoms with Crippen molar-refractivity contribution >= 4 is 11.6 Å². The molecule has 0 spiro atoms. The molecule has 1 aliphatic carbocycles. The second-order valence-corrected chi connectivity index (χ2v) is 6.35. The van der Waals surface area contributed by atoms with E-state index in [9.17, 15) is 4.79 Å². The number of nitrogens with one attached hydrogen (secondary N) is 1. The number of carbonyl (C=O) groups is 1. The first kappa shape index (κ1) is 14.9. The van der Waals surface area contributed by atoms with Crippen LogP contribution in [0.1, 0.15) is 45.1 Å². The Morgan fingerprint density at radius 3 is 2.65 bits per heavy atom. The van der Waals surface area contributed by atoms with Crippen LogP contribution in [0, 0.1) is 11.8 Å². The molecule has 0 aromatic heterocycles. The molecule has 1 fully saturated rings.